The van der Waals surface area contributed by atoms with Crippen molar-refractivity contribution in [1.29, 1.82) is 0 Å². The number of hydrogen-bond acceptors (Lipinski definition) is 4. The van der Waals surface area contributed by atoms with E-state index >= 15 is 0 Å². The molecular weight excluding hydrogens is 336 g/mol. The highest BCUT2D eigenvalue weighted by atomic mass is 79.9. The fraction of sp³-hybridized carbons (Fsp3) is 0.364. The van der Waals surface area contributed by atoms with Gasteiger partial charge in [0.2, 0.25) is 0 Å². The van der Waals surface area contributed by atoms with E-state index in [1.807, 2.05) is 0 Å². The van der Waals surface area contributed by atoms with Gasteiger partial charge in [-0.15, -0.1) is 0 Å². The van der Waals surface area contributed by atoms with Gasteiger partial charge in [-0.3, -0.25) is 9.36 Å². The number of carbonyl (C=O) groups excluding carboxylic acids is 1. The summed E-state index contributed by atoms with van der Waals surface area (Å²) in [4.78, 5) is 11.6. The topological polar surface area (TPSA) is 61.9 Å². The second-order valence-electron chi connectivity index (χ2n) is 3.81. The number of carbonyl (C=O) groups is 1. The van der Waals surface area contributed by atoms with Crippen molar-refractivity contribution in [3.63, 3.8) is 0 Å². The summed E-state index contributed by atoms with van der Waals surface area (Å²) in [5.74, 6) is -0.444. The van der Waals surface area contributed by atoms with Crippen LogP contribution in [0.5, 0.6) is 0 Å². The zero-order valence-corrected chi connectivity index (χ0v) is 12.8. The number of rotatable bonds is 4. The molecule has 6 nitrogen and oxygen atoms in total. The molecule has 0 aromatic carbocycles. The minimum Gasteiger partial charge on any atom is -0.461 e. The number of aryl methyl sites for hydroxylation is 1. The highest BCUT2D eigenvalue weighted by Crippen LogP contribution is 2.16. The monoisotopic (exact) mass is 346 g/mol. The Balaban J connectivity index is 2.19. The molecule has 0 atom stereocenters. The predicted octanol–water partition coefficient (Wildman–Crippen LogP) is 2.26. The van der Waals surface area contributed by atoms with E-state index in [9.17, 15) is 4.79 Å². The first-order valence-electron chi connectivity index (χ1n) is 5.60. The number of halogens is 2. The van der Waals surface area contributed by atoms with E-state index in [2.05, 4.69) is 26.1 Å². The third kappa shape index (κ3) is 3.16. The van der Waals surface area contributed by atoms with E-state index in [0.29, 0.717) is 22.9 Å². The number of ether oxygens (including phenoxy) is 1. The van der Waals surface area contributed by atoms with Gasteiger partial charge in [-0.1, -0.05) is 11.6 Å². The summed E-state index contributed by atoms with van der Waals surface area (Å²) in [6, 6.07) is 3.36. The summed E-state index contributed by atoms with van der Waals surface area (Å²) in [7, 11) is 1.76. The molecule has 19 heavy (non-hydrogen) atoms. The number of aromatic nitrogens is 4. The van der Waals surface area contributed by atoms with Crippen molar-refractivity contribution in [3.8, 4) is 0 Å². The zero-order chi connectivity index (χ0) is 14.0. The third-order valence-corrected chi connectivity index (χ3v) is 3.39. The van der Waals surface area contributed by atoms with E-state index in [-0.39, 0.29) is 5.69 Å². The van der Waals surface area contributed by atoms with Crippen molar-refractivity contribution in [1.82, 2.24) is 19.6 Å². The summed E-state index contributed by atoms with van der Waals surface area (Å²) in [6.45, 7) is 2.49. The minimum absolute atomic E-state index is 0.260. The lowest BCUT2D eigenvalue weighted by Crippen LogP contribution is -2.08. The van der Waals surface area contributed by atoms with Gasteiger partial charge >= 0.3 is 5.97 Å². The van der Waals surface area contributed by atoms with Crippen LogP contribution in [0, 0.1) is 0 Å². The Kier molecular flexibility index (Phi) is 4.26. The molecular formula is C11H12BrClN4O2. The lowest BCUT2D eigenvalue weighted by Gasteiger charge is -2.00. The van der Waals surface area contributed by atoms with Crippen molar-refractivity contribution in [2.75, 3.05) is 6.61 Å². The van der Waals surface area contributed by atoms with E-state index in [1.54, 1.807) is 35.5 Å². The van der Waals surface area contributed by atoms with Crippen LogP contribution in [0.2, 0.25) is 5.15 Å². The van der Waals surface area contributed by atoms with Gasteiger partial charge in [0, 0.05) is 19.2 Å². The Morgan fingerprint density at radius 2 is 2.21 bits per heavy atom. The van der Waals surface area contributed by atoms with Crippen LogP contribution < -0.4 is 0 Å². The Morgan fingerprint density at radius 3 is 2.79 bits per heavy atom. The van der Waals surface area contributed by atoms with Gasteiger partial charge in [0.25, 0.3) is 0 Å². The molecule has 0 aliphatic heterocycles. The largest absolute Gasteiger partial charge is 0.461 e. The van der Waals surface area contributed by atoms with E-state index in [0.717, 1.165) is 5.69 Å². The van der Waals surface area contributed by atoms with Crippen LogP contribution in [0.15, 0.2) is 16.7 Å². The molecule has 0 aliphatic rings. The molecule has 102 valence electrons. The first-order chi connectivity index (χ1) is 9.01. The number of nitrogens with zero attached hydrogens (tertiary/aromatic N) is 4. The quantitative estimate of drug-likeness (QED) is 0.796. The maximum atomic E-state index is 11.6. The van der Waals surface area contributed by atoms with Gasteiger partial charge in [0.15, 0.2) is 5.69 Å². The molecule has 0 N–H and O–H groups in total. The van der Waals surface area contributed by atoms with Gasteiger partial charge in [-0.25, -0.2) is 4.79 Å². The van der Waals surface area contributed by atoms with Gasteiger partial charge < -0.3 is 4.74 Å². The molecule has 2 aromatic heterocycles. The first kappa shape index (κ1) is 14.1. The molecule has 0 unspecified atom stereocenters. The maximum absolute atomic E-state index is 11.6. The normalized spacial score (nSPS) is 10.7. The highest BCUT2D eigenvalue weighted by Gasteiger charge is 2.15. The maximum Gasteiger partial charge on any atom is 0.358 e. The van der Waals surface area contributed by atoms with E-state index in [1.165, 1.54) is 0 Å². The molecule has 0 aliphatic carbocycles. The fourth-order valence-corrected chi connectivity index (χ4v) is 2.13. The van der Waals surface area contributed by atoms with Crippen LogP contribution in [0.1, 0.15) is 23.1 Å². The standard InChI is InChI=1S/C11H12BrClN4O2/c1-3-19-11(18)8-5-9(12)17(15-8)6-7-4-10(13)16(2)14-7/h4-5H,3,6H2,1-2H3. The Labute approximate surface area is 123 Å². The minimum atomic E-state index is -0.444. The van der Waals surface area contributed by atoms with Crippen molar-refractivity contribution in [2.24, 2.45) is 7.05 Å². The van der Waals surface area contributed by atoms with Gasteiger partial charge in [0.05, 0.1) is 18.8 Å². The number of hydrogen-bond donors (Lipinski definition) is 0. The summed E-state index contributed by atoms with van der Waals surface area (Å²) in [5, 5.41) is 8.93. The molecule has 0 spiro atoms. The van der Waals surface area contributed by atoms with E-state index < -0.39 is 5.97 Å². The Hall–Kier alpha value is -1.34. The molecule has 0 saturated heterocycles. The summed E-state index contributed by atoms with van der Waals surface area (Å²) < 4.78 is 8.76. The van der Waals surface area contributed by atoms with E-state index in [4.69, 9.17) is 16.3 Å². The zero-order valence-electron chi connectivity index (χ0n) is 10.4. The first-order valence-corrected chi connectivity index (χ1v) is 6.77. The van der Waals surface area contributed by atoms with Crippen LogP contribution >= 0.6 is 27.5 Å². The van der Waals surface area contributed by atoms with Crippen LogP contribution in [0.25, 0.3) is 0 Å². The van der Waals surface area contributed by atoms with Crippen molar-refractivity contribution >= 4 is 33.5 Å². The fourth-order valence-electron chi connectivity index (χ4n) is 1.54. The second-order valence-corrected chi connectivity index (χ2v) is 5.01. The highest BCUT2D eigenvalue weighted by molar-refractivity contribution is 9.10. The van der Waals surface area contributed by atoms with Crippen molar-refractivity contribution in [3.05, 3.63) is 33.3 Å². The molecule has 2 aromatic rings. The molecule has 8 heteroatoms. The average molecular weight is 348 g/mol. The van der Waals surface area contributed by atoms with Gasteiger partial charge in [-0.05, 0) is 22.9 Å². The number of esters is 1. The molecule has 2 heterocycles. The molecule has 0 saturated carbocycles. The van der Waals surface area contributed by atoms with Crippen molar-refractivity contribution in [2.45, 2.75) is 13.5 Å². The smallest absolute Gasteiger partial charge is 0.358 e. The molecule has 0 radical (unpaired) electrons. The second kappa shape index (κ2) is 5.75. The lowest BCUT2D eigenvalue weighted by molar-refractivity contribution is 0.0518. The summed E-state index contributed by atoms with van der Waals surface area (Å²) in [6.07, 6.45) is 0. The van der Waals surface area contributed by atoms with Crippen molar-refractivity contribution < 1.29 is 9.53 Å². The SMILES string of the molecule is CCOC(=O)c1cc(Br)n(Cc2cc(Cl)n(C)n2)n1. The third-order valence-electron chi connectivity index (χ3n) is 2.40. The van der Waals surface area contributed by atoms with Crippen LogP contribution in [-0.4, -0.2) is 32.1 Å². The van der Waals surface area contributed by atoms with Crippen LogP contribution in [-0.2, 0) is 18.3 Å². The molecule has 0 amide bonds. The lowest BCUT2D eigenvalue weighted by atomic mass is 10.4. The Bertz CT molecular complexity index is 588. The predicted molar refractivity (Wildman–Crippen MR) is 73.2 cm³/mol. The molecule has 0 fully saturated rings. The summed E-state index contributed by atoms with van der Waals surface area (Å²) >= 11 is 9.26. The van der Waals surface area contributed by atoms with Gasteiger partial charge in [-0.2, -0.15) is 10.2 Å². The van der Waals surface area contributed by atoms with Gasteiger partial charge in [0.1, 0.15) is 9.76 Å². The Morgan fingerprint density at radius 1 is 1.47 bits per heavy atom. The average Bonchev–Trinajstić information content (AvgIpc) is 2.85. The van der Waals surface area contributed by atoms with Crippen LogP contribution in [0.3, 0.4) is 0 Å². The molecule has 0 bridgehead atoms. The molecule has 2 rings (SSSR count). The summed E-state index contributed by atoms with van der Waals surface area (Å²) in [5.41, 5.74) is 1.02. The van der Waals surface area contributed by atoms with Crippen LogP contribution in [0.4, 0.5) is 0 Å².